The van der Waals surface area contributed by atoms with Gasteiger partial charge in [0.1, 0.15) is 5.82 Å². The summed E-state index contributed by atoms with van der Waals surface area (Å²) in [6, 6.07) is 4.45. The van der Waals surface area contributed by atoms with Crippen molar-refractivity contribution < 1.29 is 0 Å². The standard InChI is InChI=1S/C11H13N3S/c1-8(10-4-3-7-15-10)14-11-9(2)12-5-6-13-11/h3-8H,1-2H3,(H,13,14). The van der Waals surface area contributed by atoms with Gasteiger partial charge in [0.15, 0.2) is 0 Å². The average molecular weight is 219 g/mol. The molecule has 0 spiro atoms. The predicted molar refractivity (Wildman–Crippen MR) is 63.1 cm³/mol. The molecular formula is C11H13N3S. The Morgan fingerprint density at radius 2 is 2.13 bits per heavy atom. The minimum Gasteiger partial charge on any atom is -0.361 e. The van der Waals surface area contributed by atoms with E-state index in [4.69, 9.17) is 0 Å². The summed E-state index contributed by atoms with van der Waals surface area (Å²) in [5.41, 5.74) is 0.931. The molecular weight excluding hydrogens is 206 g/mol. The molecule has 0 bridgehead atoms. The molecule has 1 atom stereocenters. The van der Waals surface area contributed by atoms with Crippen molar-refractivity contribution in [3.05, 3.63) is 40.5 Å². The van der Waals surface area contributed by atoms with E-state index in [0.29, 0.717) is 0 Å². The maximum Gasteiger partial charge on any atom is 0.147 e. The van der Waals surface area contributed by atoms with Gasteiger partial charge in [-0.25, -0.2) is 4.98 Å². The average Bonchev–Trinajstić information content (AvgIpc) is 2.74. The fourth-order valence-electron chi connectivity index (χ4n) is 1.36. The monoisotopic (exact) mass is 219 g/mol. The van der Waals surface area contributed by atoms with Crippen molar-refractivity contribution in [2.75, 3.05) is 5.32 Å². The van der Waals surface area contributed by atoms with E-state index in [2.05, 4.69) is 39.7 Å². The van der Waals surface area contributed by atoms with Crippen LogP contribution >= 0.6 is 11.3 Å². The number of hydrogen-bond acceptors (Lipinski definition) is 4. The number of nitrogens with zero attached hydrogens (tertiary/aromatic N) is 2. The van der Waals surface area contributed by atoms with Gasteiger partial charge in [-0.15, -0.1) is 11.3 Å². The highest BCUT2D eigenvalue weighted by Gasteiger charge is 2.08. The molecule has 2 aromatic heterocycles. The minimum absolute atomic E-state index is 0.278. The fraction of sp³-hybridized carbons (Fsp3) is 0.273. The molecule has 4 heteroatoms. The highest BCUT2D eigenvalue weighted by atomic mass is 32.1. The summed E-state index contributed by atoms with van der Waals surface area (Å²) in [6.45, 7) is 4.08. The fourth-order valence-corrected chi connectivity index (χ4v) is 2.10. The van der Waals surface area contributed by atoms with Crippen LogP contribution in [0.5, 0.6) is 0 Å². The van der Waals surface area contributed by atoms with Crippen LogP contribution in [0.1, 0.15) is 23.5 Å². The lowest BCUT2D eigenvalue weighted by Gasteiger charge is -2.13. The Bertz CT molecular complexity index is 425. The summed E-state index contributed by atoms with van der Waals surface area (Å²) in [5.74, 6) is 0.860. The molecule has 0 radical (unpaired) electrons. The molecule has 2 aromatic rings. The third-order valence-electron chi connectivity index (χ3n) is 2.20. The van der Waals surface area contributed by atoms with E-state index in [1.807, 2.05) is 6.92 Å². The molecule has 0 aliphatic carbocycles. The zero-order valence-electron chi connectivity index (χ0n) is 8.77. The Balaban J connectivity index is 2.13. The van der Waals surface area contributed by atoms with Crippen molar-refractivity contribution in [1.29, 1.82) is 0 Å². The maximum atomic E-state index is 4.26. The normalized spacial score (nSPS) is 12.4. The summed E-state index contributed by atoms with van der Waals surface area (Å²) in [4.78, 5) is 9.76. The first-order valence-electron chi connectivity index (χ1n) is 4.85. The number of thiophene rings is 1. The summed E-state index contributed by atoms with van der Waals surface area (Å²) in [6.07, 6.45) is 3.41. The second-order valence-electron chi connectivity index (χ2n) is 3.37. The molecule has 2 rings (SSSR count). The second-order valence-corrected chi connectivity index (χ2v) is 4.35. The van der Waals surface area contributed by atoms with Gasteiger partial charge in [-0.05, 0) is 25.3 Å². The van der Waals surface area contributed by atoms with Gasteiger partial charge in [-0.3, -0.25) is 4.98 Å². The van der Waals surface area contributed by atoms with E-state index < -0.39 is 0 Å². The second kappa shape index (κ2) is 4.40. The predicted octanol–water partition coefficient (Wildman–Crippen LogP) is 3.02. The van der Waals surface area contributed by atoms with Crippen LogP contribution in [-0.2, 0) is 0 Å². The Morgan fingerprint density at radius 3 is 2.80 bits per heavy atom. The SMILES string of the molecule is Cc1nccnc1NC(C)c1cccs1. The molecule has 15 heavy (non-hydrogen) atoms. The molecule has 1 unspecified atom stereocenters. The zero-order chi connectivity index (χ0) is 10.7. The maximum absolute atomic E-state index is 4.26. The number of hydrogen-bond donors (Lipinski definition) is 1. The van der Waals surface area contributed by atoms with Gasteiger partial charge < -0.3 is 5.32 Å². The van der Waals surface area contributed by atoms with Crippen LogP contribution in [0.3, 0.4) is 0 Å². The molecule has 0 saturated heterocycles. The number of anilines is 1. The molecule has 0 amide bonds. The highest BCUT2D eigenvalue weighted by Crippen LogP contribution is 2.22. The van der Waals surface area contributed by atoms with E-state index in [1.54, 1.807) is 23.7 Å². The number of rotatable bonds is 3. The Labute approximate surface area is 93.2 Å². The van der Waals surface area contributed by atoms with E-state index >= 15 is 0 Å². The largest absolute Gasteiger partial charge is 0.361 e. The van der Waals surface area contributed by atoms with Gasteiger partial charge in [-0.1, -0.05) is 6.07 Å². The Kier molecular flexibility index (Phi) is 2.97. The lowest BCUT2D eigenvalue weighted by Crippen LogP contribution is -2.08. The van der Waals surface area contributed by atoms with Gasteiger partial charge in [0.2, 0.25) is 0 Å². The molecule has 3 nitrogen and oxygen atoms in total. The third-order valence-corrected chi connectivity index (χ3v) is 3.26. The van der Waals surface area contributed by atoms with Crippen LogP contribution < -0.4 is 5.32 Å². The first-order chi connectivity index (χ1) is 7.27. The van der Waals surface area contributed by atoms with Gasteiger partial charge in [0.05, 0.1) is 11.7 Å². The van der Waals surface area contributed by atoms with E-state index in [0.717, 1.165) is 11.5 Å². The molecule has 0 aromatic carbocycles. The van der Waals surface area contributed by atoms with Crippen molar-refractivity contribution in [2.45, 2.75) is 19.9 Å². The molecule has 0 saturated carbocycles. The van der Waals surface area contributed by atoms with Crippen LogP contribution in [0.4, 0.5) is 5.82 Å². The van der Waals surface area contributed by atoms with Crippen LogP contribution in [0.2, 0.25) is 0 Å². The van der Waals surface area contributed by atoms with Gasteiger partial charge >= 0.3 is 0 Å². The first-order valence-corrected chi connectivity index (χ1v) is 5.73. The molecule has 2 heterocycles. The first kappa shape index (κ1) is 10.1. The molecule has 0 fully saturated rings. The molecule has 0 aliphatic heterocycles. The number of aryl methyl sites for hydroxylation is 1. The smallest absolute Gasteiger partial charge is 0.147 e. The van der Waals surface area contributed by atoms with Crippen LogP contribution in [0, 0.1) is 6.92 Å². The lowest BCUT2D eigenvalue weighted by molar-refractivity contribution is 0.886. The van der Waals surface area contributed by atoms with Crippen LogP contribution in [0.15, 0.2) is 29.9 Å². The molecule has 78 valence electrons. The van der Waals surface area contributed by atoms with E-state index in [1.165, 1.54) is 4.88 Å². The quantitative estimate of drug-likeness (QED) is 0.862. The molecule has 0 aliphatic rings. The highest BCUT2D eigenvalue weighted by molar-refractivity contribution is 7.10. The van der Waals surface area contributed by atoms with Crippen molar-refractivity contribution in [3.63, 3.8) is 0 Å². The van der Waals surface area contributed by atoms with Crippen molar-refractivity contribution in [2.24, 2.45) is 0 Å². The van der Waals surface area contributed by atoms with Gasteiger partial charge in [-0.2, -0.15) is 0 Å². The Hall–Kier alpha value is -1.42. The summed E-state index contributed by atoms with van der Waals surface area (Å²) >= 11 is 1.75. The van der Waals surface area contributed by atoms with Crippen LogP contribution in [-0.4, -0.2) is 9.97 Å². The van der Waals surface area contributed by atoms with Crippen LogP contribution in [0.25, 0.3) is 0 Å². The number of aromatic nitrogens is 2. The minimum atomic E-state index is 0.278. The van der Waals surface area contributed by atoms with E-state index in [9.17, 15) is 0 Å². The van der Waals surface area contributed by atoms with Gasteiger partial charge in [0, 0.05) is 17.3 Å². The van der Waals surface area contributed by atoms with Crippen molar-refractivity contribution >= 4 is 17.2 Å². The summed E-state index contributed by atoms with van der Waals surface area (Å²) < 4.78 is 0. The molecule has 1 N–H and O–H groups in total. The summed E-state index contributed by atoms with van der Waals surface area (Å²) in [5, 5.41) is 5.43. The number of nitrogens with one attached hydrogen (secondary N) is 1. The Morgan fingerprint density at radius 1 is 1.33 bits per heavy atom. The topological polar surface area (TPSA) is 37.8 Å². The summed E-state index contributed by atoms with van der Waals surface area (Å²) in [7, 11) is 0. The van der Waals surface area contributed by atoms with E-state index in [-0.39, 0.29) is 6.04 Å². The third kappa shape index (κ3) is 2.33. The zero-order valence-corrected chi connectivity index (χ0v) is 9.58. The van der Waals surface area contributed by atoms with Crippen molar-refractivity contribution in [3.8, 4) is 0 Å². The van der Waals surface area contributed by atoms with Crippen molar-refractivity contribution in [1.82, 2.24) is 9.97 Å². The lowest BCUT2D eigenvalue weighted by atomic mass is 10.2. The van der Waals surface area contributed by atoms with Gasteiger partial charge in [0.25, 0.3) is 0 Å².